The number of ketones is 1. The van der Waals surface area contributed by atoms with Crippen LogP contribution in [-0.2, 0) is 14.3 Å². The molecule has 1 fully saturated rings. The molecule has 116 valence electrons. The Morgan fingerprint density at radius 3 is 2.71 bits per heavy atom. The number of rotatable bonds is 5. The number of carbonyl (C=O) groups excluding carboxylic acids is 2. The second kappa shape index (κ2) is 6.17. The fourth-order valence-electron chi connectivity index (χ4n) is 3.69. The van der Waals surface area contributed by atoms with Gasteiger partial charge in [-0.3, -0.25) is 4.79 Å². The Morgan fingerprint density at radius 2 is 2.10 bits per heavy atom. The van der Waals surface area contributed by atoms with Crippen LogP contribution in [0.15, 0.2) is 23.3 Å². The summed E-state index contributed by atoms with van der Waals surface area (Å²) in [5.74, 6) is -0.190. The highest BCUT2D eigenvalue weighted by Gasteiger charge is 2.49. The molecule has 0 spiro atoms. The first-order chi connectivity index (χ1) is 9.92. The van der Waals surface area contributed by atoms with Crippen molar-refractivity contribution in [3.8, 4) is 0 Å². The van der Waals surface area contributed by atoms with Gasteiger partial charge in [-0.25, -0.2) is 4.79 Å². The lowest BCUT2D eigenvalue weighted by Gasteiger charge is -2.38. The van der Waals surface area contributed by atoms with E-state index in [9.17, 15) is 9.59 Å². The van der Waals surface area contributed by atoms with Gasteiger partial charge < -0.3 is 4.74 Å². The van der Waals surface area contributed by atoms with Gasteiger partial charge in [0, 0.05) is 11.8 Å². The van der Waals surface area contributed by atoms with Gasteiger partial charge in [0.25, 0.3) is 0 Å². The van der Waals surface area contributed by atoms with Crippen molar-refractivity contribution in [2.24, 2.45) is 11.3 Å². The number of esters is 1. The third kappa shape index (κ3) is 2.83. The van der Waals surface area contributed by atoms with Gasteiger partial charge >= 0.3 is 5.97 Å². The lowest BCUT2D eigenvalue weighted by molar-refractivity contribution is -0.141. The van der Waals surface area contributed by atoms with Crippen molar-refractivity contribution in [3.63, 3.8) is 0 Å². The van der Waals surface area contributed by atoms with E-state index in [0.717, 1.165) is 43.3 Å². The first-order valence-corrected chi connectivity index (χ1v) is 8.04. The number of hydrogen-bond donors (Lipinski definition) is 0. The molecule has 0 aromatic heterocycles. The van der Waals surface area contributed by atoms with Crippen LogP contribution in [0.2, 0.25) is 0 Å². The topological polar surface area (TPSA) is 43.4 Å². The minimum Gasteiger partial charge on any atom is -0.462 e. The summed E-state index contributed by atoms with van der Waals surface area (Å²) in [5.41, 5.74) is 2.23. The highest BCUT2D eigenvalue weighted by atomic mass is 16.5. The molecule has 21 heavy (non-hydrogen) atoms. The summed E-state index contributed by atoms with van der Waals surface area (Å²) in [6.07, 6.45) is 5.09. The van der Waals surface area contributed by atoms with Crippen molar-refractivity contribution in [2.45, 2.75) is 59.3 Å². The Bertz CT molecular complexity index is 499. The number of ether oxygens (including phenoxy) is 1. The summed E-state index contributed by atoms with van der Waals surface area (Å²) in [6.45, 7) is 10.7. The van der Waals surface area contributed by atoms with Crippen LogP contribution in [0.4, 0.5) is 0 Å². The summed E-state index contributed by atoms with van der Waals surface area (Å²) >= 11 is 0. The van der Waals surface area contributed by atoms with E-state index in [1.165, 1.54) is 0 Å². The van der Waals surface area contributed by atoms with Crippen molar-refractivity contribution in [3.05, 3.63) is 23.3 Å². The molecule has 0 heterocycles. The normalized spacial score (nSPS) is 25.5. The van der Waals surface area contributed by atoms with Crippen molar-refractivity contribution in [1.82, 2.24) is 0 Å². The van der Waals surface area contributed by atoms with Crippen LogP contribution in [0.25, 0.3) is 0 Å². The second-order valence-electron chi connectivity index (χ2n) is 6.74. The highest BCUT2D eigenvalue weighted by Crippen LogP contribution is 2.55. The summed E-state index contributed by atoms with van der Waals surface area (Å²) < 4.78 is 5.32. The van der Waals surface area contributed by atoms with Crippen LogP contribution >= 0.6 is 0 Å². The summed E-state index contributed by atoms with van der Waals surface area (Å²) in [4.78, 5) is 24.8. The van der Waals surface area contributed by atoms with Crippen LogP contribution in [0.5, 0.6) is 0 Å². The Morgan fingerprint density at radius 1 is 1.38 bits per heavy atom. The molecule has 0 aromatic rings. The molecule has 3 heteroatoms. The molecule has 0 bridgehead atoms. The lowest BCUT2D eigenvalue weighted by atomic mass is 9.65. The van der Waals surface area contributed by atoms with E-state index in [2.05, 4.69) is 13.5 Å². The molecule has 0 N–H and O–H groups in total. The van der Waals surface area contributed by atoms with Gasteiger partial charge in [-0.1, -0.05) is 39.3 Å². The van der Waals surface area contributed by atoms with Gasteiger partial charge in [-0.15, -0.1) is 0 Å². The van der Waals surface area contributed by atoms with E-state index < -0.39 is 5.97 Å². The number of fused-ring (bicyclic) bond motifs is 1. The van der Waals surface area contributed by atoms with E-state index in [4.69, 9.17) is 4.74 Å². The van der Waals surface area contributed by atoms with E-state index in [1.54, 1.807) is 0 Å². The Hall–Kier alpha value is -1.38. The highest BCUT2D eigenvalue weighted by molar-refractivity contribution is 6.20. The maximum atomic E-state index is 12.5. The third-order valence-electron chi connectivity index (χ3n) is 4.63. The van der Waals surface area contributed by atoms with Crippen molar-refractivity contribution >= 4 is 11.8 Å². The Kier molecular flexibility index (Phi) is 4.70. The van der Waals surface area contributed by atoms with E-state index >= 15 is 0 Å². The fraction of sp³-hybridized carbons (Fsp3) is 0.667. The third-order valence-corrected chi connectivity index (χ3v) is 4.63. The first kappa shape index (κ1) is 16.0. The molecule has 0 aliphatic heterocycles. The zero-order valence-corrected chi connectivity index (χ0v) is 13.5. The summed E-state index contributed by atoms with van der Waals surface area (Å²) in [7, 11) is 0. The lowest BCUT2D eigenvalue weighted by Crippen LogP contribution is -2.27. The van der Waals surface area contributed by atoms with Gasteiger partial charge in [-0.05, 0) is 37.2 Å². The van der Waals surface area contributed by atoms with Crippen molar-refractivity contribution in [1.29, 1.82) is 0 Å². The minimum atomic E-state index is -0.420. The molecule has 0 saturated heterocycles. The van der Waals surface area contributed by atoms with Gasteiger partial charge in [0.1, 0.15) is 5.57 Å². The van der Waals surface area contributed by atoms with Crippen LogP contribution in [0.3, 0.4) is 0 Å². The van der Waals surface area contributed by atoms with E-state index in [0.29, 0.717) is 18.6 Å². The molecule has 2 rings (SSSR count). The molecule has 2 aliphatic rings. The summed E-state index contributed by atoms with van der Waals surface area (Å²) in [5, 5.41) is 0. The molecule has 1 atom stereocenters. The molecule has 3 nitrogen and oxygen atoms in total. The molecule has 2 aliphatic carbocycles. The zero-order chi connectivity index (χ0) is 15.6. The quantitative estimate of drug-likeness (QED) is 0.437. The van der Waals surface area contributed by atoms with E-state index in [-0.39, 0.29) is 17.1 Å². The predicted octanol–water partition coefficient (Wildman–Crippen LogP) is 3.98. The smallest absolute Gasteiger partial charge is 0.341 e. The van der Waals surface area contributed by atoms with Crippen LogP contribution in [-0.4, -0.2) is 18.4 Å². The Balaban J connectivity index is 2.35. The van der Waals surface area contributed by atoms with Crippen LogP contribution in [0.1, 0.15) is 59.3 Å². The first-order valence-electron chi connectivity index (χ1n) is 8.04. The van der Waals surface area contributed by atoms with Gasteiger partial charge in [-0.2, -0.15) is 0 Å². The monoisotopic (exact) mass is 290 g/mol. The number of allylic oxidation sites excluding steroid dienone is 2. The molecule has 0 aromatic carbocycles. The predicted molar refractivity (Wildman–Crippen MR) is 82.8 cm³/mol. The molecule has 0 unspecified atom stereocenters. The maximum Gasteiger partial charge on any atom is 0.341 e. The second-order valence-corrected chi connectivity index (χ2v) is 6.74. The average molecular weight is 290 g/mol. The van der Waals surface area contributed by atoms with Crippen LogP contribution < -0.4 is 0 Å². The SMILES string of the molecule is C=C1CCCC2=C(C(=O)OCC(C)C)C(=O)C[C@]12CCC. The number of Topliss-reactive ketones (excluding diaryl/α,β-unsaturated/α-hetero) is 1. The minimum absolute atomic E-state index is 0.0461. The van der Waals surface area contributed by atoms with Gasteiger partial charge in [0.2, 0.25) is 0 Å². The standard InChI is InChI=1S/C18H26O3/c1-5-9-18-10-15(19)16(17(20)21-11-12(2)3)14(18)8-6-7-13(18)4/h12H,4-11H2,1-3H3/t18-/m1/s1. The molecule has 0 radical (unpaired) electrons. The van der Waals surface area contributed by atoms with Gasteiger partial charge in [0.05, 0.1) is 6.61 Å². The molecule has 0 amide bonds. The fourth-order valence-corrected chi connectivity index (χ4v) is 3.69. The average Bonchev–Trinajstić information content (AvgIpc) is 2.70. The zero-order valence-electron chi connectivity index (χ0n) is 13.5. The molecular formula is C18H26O3. The Labute approximate surface area is 127 Å². The number of hydrogen-bond acceptors (Lipinski definition) is 3. The van der Waals surface area contributed by atoms with E-state index in [1.807, 2.05) is 13.8 Å². The number of carbonyl (C=O) groups is 2. The van der Waals surface area contributed by atoms with Crippen molar-refractivity contribution in [2.75, 3.05) is 6.61 Å². The molecule has 1 saturated carbocycles. The summed E-state index contributed by atoms with van der Waals surface area (Å²) in [6, 6.07) is 0. The van der Waals surface area contributed by atoms with Gasteiger partial charge in [0.15, 0.2) is 5.78 Å². The largest absolute Gasteiger partial charge is 0.462 e. The maximum absolute atomic E-state index is 12.5. The molecular weight excluding hydrogens is 264 g/mol. The van der Waals surface area contributed by atoms with Crippen molar-refractivity contribution < 1.29 is 14.3 Å². The van der Waals surface area contributed by atoms with Crippen LogP contribution in [0, 0.1) is 11.3 Å².